The lowest BCUT2D eigenvalue weighted by Crippen LogP contribution is -2.42. The van der Waals surface area contributed by atoms with E-state index in [1.807, 2.05) is 30.0 Å². The van der Waals surface area contributed by atoms with E-state index < -0.39 is 11.2 Å². The van der Waals surface area contributed by atoms with Crippen LogP contribution < -0.4 is 16.0 Å². The van der Waals surface area contributed by atoms with E-state index in [0.717, 1.165) is 28.5 Å². The Balaban J connectivity index is 1.49. The fraction of sp³-hybridized carbons (Fsp3) is 0.500. The minimum absolute atomic E-state index is 0.109. The number of carbonyl (C=O) groups is 1. The van der Waals surface area contributed by atoms with Crippen molar-refractivity contribution in [3.05, 3.63) is 56.2 Å². The standard InChI is InChI=1S/C24H29N5O4/c1-15-5-4-6-16(13-15)14-29-19-20(26(2)24(32)27(3)22(19)31)25-23(29)33-18-9-11-28(12-10-18)21(30)17-7-8-17/h4-6,13,17-18H,7-12,14H2,1-3H3. The number of hydrogen-bond acceptors (Lipinski definition) is 5. The Labute approximate surface area is 191 Å². The normalized spacial score (nSPS) is 17.0. The number of hydrogen-bond donors (Lipinski definition) is 0. The molecule has 3 heterocycles. The maximum atomic E-state index is 13.1. The van der Waals surface area contributed by atoms with E-state index >= 15 is 0 Å². The number of fused-ring (bicyclic) bond motifs is 1. The maximum Gasteiger partial charge on any atom is 0.332 e. The topological polar surface area (TPSA) is 91.4 Å². The highest BCUT2D eigenvalue weighted by molar-refractivity contribution is 5.81. The number of carbonyl (C=O) groups excluding carboxylic acids is 1. The van der Waals surface area contributed by atoms with Crippen molar-refractivity contribution in [1.29, 1.82) is 0 Å². The first-order valence-electron chi connectivity index (χ1n) is 11.5. The molecule has 0 spiro atoms. The Morgan fingerprint density at radius 1 is 1.09 bits per heavy atom. The van der Waals surface area contributed by atoms with E-state index in [1.165, 1.54) is 11.6 Å². The summed E-state index contributed by atoms with van der Waals surface area (Å²) in [5, 5.41) is 0. The van der Waals surface area contributed by atoms with Gasteiger partial charge in [-0.25, -0.2) is 4.79 Å². The van der Waals surface area contributed by atoms with Crippen LogP contribution in [0.3, 0.4) is 0 Å². The average molecular weight is 452 g/mol. The molecule has 0 N–H and O–H groups in total. The van der Waals surface area contributed by atoms with Crippen LogP contribution in [-0.4, -0.2) is 48.7 Å². The molecule has 9 heteroatoms. The Kier molecular flexibility index (Phi) is 5.34. The smallest absolute Gasteiger partial charge is 0.332 e. The molecule has 0 radical (unpaired) electrons. The third-order valence-electron chi connectivity index (χ3n) is 6.69. The number of nitrogens with zero attached hydrogens (tertiary/aromatic N) is 5. The molecule has 2 fully saturated rings. The number of imidazole rings is 1. The van der Waals surface area contributed by atoms with E-state index in [2.05, 4.69) is 11.1 Å². The monoisotopic (exact) mass is 451 g/mol. The molecule has 0 atom stereocenters. The van der Waals surface area contributed by atoms with Crippen LogP contribution in [-0.2, 0) is 25.4 Å². The maximum absolute atomic E-state index is 13.1. The molecule has 174 valence electrons. The van der Waals surface area contributed by atoms with Crippen molar-refractivity contribution >= 4 is 17.1 Å². The Hall–Kier alpha value is -3.36. The lowest BCUT2D eigenvalue weighted by molar-refractivity contribution is -0.134. The van der Waals surface area contributed by atoms with Gasteiger partial charge in [-0.2, -0.15) is 4.98 Å². The van der Waals surface area contributed by atoms with Crippen molar-refractivity contribution in [3.8, 4) is 6.01 Å². The van der Waals surface area contributed by atoms with E-state index in [4.69, 9.17) is 4.74 Å². The average Bonchev–Trinajstić information content (AvgIpc) is 3.60. The largest absolute Gasteiger partial charge is 0.461 e. The van der Waals surface area contributed by atoms with Gasteiger partial charge in [0.25, 0.3) is 11.6 Å². The van der Waals surface area contributed by atoms with Crippen LogP contribution in [0.25, 0.3) is 11.2 Å². The van der Waals surface area contributed by atoms with Gasteiger partial charge in [-0.1, -0.05) is 29.8 Å². The Morgan fingerprint density at radius 2 is 1.82 bits per heavy atom. The summed E-state index contributed by atoms with van der Waals surface area (Å²) < 4.78 is 10.6. The molecule has 2 aliphatic rings. The third kappa shape index (κ3) is 3.96. The fourth-order valence-electron chi connectivity index (χ4n) is 4.59. The lowest BCUT2D eigenvalue weighted by Gasteiger charge is -2.32. The number of amides is 1. The number of aromatic nitrogens is 4. The van der Waals surface area contributed by atoms with Gasteiger partial charge >= 0.3 is 5.69 Å². The molecule has 1 aliphatic heterocycles. The predicted molar refractivity (Wildman–Crippen MR) is 123 cm³/mol. The van der Waals surface area contributed by atoms with Crippen LogP contribution >= 0.6 is 0 Å². The summed E-state index contributed by atoms with van der Waals surface area (Å²) in [6.45, 7) is 3.75. The predicted octanol–water partition coefficient (Wildman–Crippen LogP) is 1.57. The molecule has 1 aromatic carbocycles. The molecule has 9 nitrogen and oxygen atoms in total. The summed E-state index contributed by atoms with van der Waals surface area (Å²) in [6, 6.07) is 8.38. The number of ether oxygens (including phenoxy) is 1. The number of rotatable bonds is 5. The number of benzene rings is 1. The summed E-state index contributed by atoms with van der Waals surface area (Å²) in [6.07, 6.45) is 3.33. The van der Waals surface area contributed by atoms with Gasteiger partial charge in [-0.3, -0.25) is 23.3 Å². The van der Waals surface area contributed by atoms with Gasteiger partial charge in [0.2, 0.25) is 5.91 Å². The fourth-order valence-corrected chi connectivity index (χ4v) is 4.59. The summed E-state index contributed by atoms with van der Waals surface area (Å²) in [5.74, 6) is 0.483. The zero-order valence-corrected chi connectivity index (χ0v) is 19.3. The summed E-state index contributed by atoms with van der Waals surface area (Å²) in [4.78, 5) is 44.4. The molecule has 1 aliphatic carbocycles. The van der Waals surface area contributed by atoms with Gasteiger partial charge in [0.05, 0.1) is 6.54 Å². The van der Waals surface area contributed by atoms with Crippen molar-refractivity contribution in [3.63, 3.8) is 0 Å². The zero-order chi connectivity index (χ0) is 23.3. The molecule has 1 amide bonds. The van der Waals surface area contributed by atoms with Crippen LogP contribution in [0.5, 0.6) is 6.01 Å². The van der Waals surface area contributed by atoms with Gasteiger partial charge < -0.3 is 9.64 Å². The van der Waals surface area contributed by atoms with E-state index in [0.29, 0.717) is 49.7 Å². The number of piperidine rings is 1. The lowest BCUT2D eigenvalue weighted by atomic mass is 10.1. The van der Waals surface area contributed by atoms with Crippen LogP contribution in [0.4, 0.5) is 0 Å². The molecule has 2 aromatic heterocycles. The summed E-state index contributed by atoms with van der Waals surface area (Å²) in [7, 11) is 3.08. The van der Waals surface area contributed by atoms with Gasteiger partial charge in [0.15, 0.2) is 11.2 Å². The highest BCUT2D eigenvalue weighted by atomic mass is 16.5. The van der Waals surface area contributed by atoms with Crippen LogP contribution in [0.15, 0.2) is 33.9 Å². The van der Waals surface area contributed by atoms with E-state index in [9.17, 15) is 14.4 Å². The first-order chi connectivity index (χ1) is 15.8. The molecule has 5 rings (SSSR count). The summed E-state index contributed by atoms with van der Waals surface area (Å²) in [5.41, 5.74) is 1.97. The number of aryl methyl sites for hydroxylation is 2. The molecule has 3 aromatic rings. The molecule has 33 heavy (non-hydrogen) atoms. The Morgan fingerprint density at radius 3 is 2.48 bits per heavy atom. The molecular weight excluding hydrogens is 422 g/mol. The molecule has 1 saturated carbocycles. The minimum atomic E-state index is -0.425. The molecule has 1 saturated heterocycles. The second kappa shape index (κ2) is 8.20. The van der Waals surface area contributed by atoms with Crippen molar-refractivity contribution in [2.45, 2.75) is 45.3 Å². The third-order valence-corrected chi connectivity index (χ3v) is 6.69. The quantitative estimate of drug-likeness (QED) is 0.587. The SMILES string of the molecule is Cc1cccc(Cn2c(OC3CCN(C(=O)C4CC4)CC3)nc3c2c(=O)n(C)c(=O)n3C)c1. The molecular formula is C24H29N5O4. The van der Waals surface area contributed by atoms with Crippen molar-refractivity contribution in [2.75, 3.05) is 13.1 Å². The highest BCUT2D eigenvalue weighted by Gasteiger charge is 2.35. The van der Waals surface area contributed by atoms with Gasteiger partial charge in [0, 0.05) is 45.9 Å². The second-order valence-electron chi connectivity index (χ2n) is 9.26. The van der Waals surface area contributed by atoms with E-state index in [-0.39, 0.29) is 17.9 Å². The Bertz CT molecular complexity index is 1340. The van der Waals surface area contributed by atoms with Gasteiger partial charge in [0.1, 0.15) is 6.10 Å². The van der Waals surface area contributed by atoms with Crippen LogP contribution in [0.1, 0.15) is 36.8 Å². The highest BCUT2D eigenvalue weighted by Crippen LogP contribution is 2.32. The first-order valence-corrected chi connectivity index (χ1v) is 11.5. The van der Waals surface area contributed by atoms with Crippen LogP contribution in [0.2, 0.25) is 0 Å². The van der Waals surface area contributed by atoms with Crippen molar-refractivity contribution < 1.29 is 9.53 Å². The van der Waals surface area contributed by atoms with Crippen molar-refractivity contribution in [2.24, 2.45) is 20.0 Å². The zero-order valence-electron chi connectivity index (χ0n) is 19.3. The van der Waals surface area contributed by atoms with E-state index in [1.54, 1.807) is 11.6 Å². The number of likely N-dealkylation sites (tertiary alicyclic amines) is 1. The van der Waals surface area contributed by atoms with Gasteiger partial charge in [-0.15, -0.1) is 0 Å². The summed E-state index contributed by atoms with van der Waals surface area (Å²) >= 11 is 0. The minimum Gasteiger partial charge on any atom is -0.461 e. The van der Waals surface area contributed by atoms with Gasteiger partial charge in [-0.05, 0) is 25.3 Å². The van der Waals surface area contributed by atoms with Crippen LogP contribution in [0, 0.1) is 12.8 Å². The van der Waals surface area contributed by atoms with Crippen molar-refractivity contribution in [1.82, 2.24) is 23.6 Å². The second-order valence-corrected chi connectivity index (χ2v) is 9.26. The first kappa shape index (κ1) is 21.5. The molecule has 0 unspecified atom stereocenters. The molecule has 0 bridgehead atoms.